The Morgan fingerprint density at radius 1 is 1.26 bits per heavy atom. The molecule has 1 aliphatic rings. The predicted octanol–water partition coefficient (Wildman–Crippen LogP) is 3.72. The zero-order chi connectivity index (χ0) is 18.6. The van der Waals surface area contributed by atoms with E-state index in [1.54, 1.807) is 23.5 Å². The number of furan rings is 1. The lowest BCUT2D eigenvalue weighted by Crippen LogP contribution is -2.40. The molecule has 7 heteroatoms. The van der Waals surface area contributed by atoms with Crippen LogP contribution in [-0.2, 0) is 4.74 Å². The van der Waals surface area contributed by atoms with Gasteiger partial charge in [0.05, 0.1) is 31.2 Å². The van der Waals surface area contributed by atoms with Gasteiger partial charge in [-0.05, 0) is 37.3 Å². The minimum Gasteiger partial charge on any atom is -0.459 e. The number of pyridine rings is 1. The molecule has 1 N–H and O–H groups in total. The lowest BCUT2D eigenvalue weighted by molar-refractivity contribution is 0.0234. The molecule has 1 saturated heterocycles. The Labute approximate surface area is 161 Å². The van der Waals surface area contributed by atoms with Crippen molar-refractivity contribution in [2.45, 2.75) is 13.0 Å². The molecule has 3 aromatic heterocycles. The van der Waals surface area contributed by atoms with Gasteiger partial charge in [0, 0.05) is 29.7 Å². The highest BCUT2D eigenvalue weighted by Crippen LogP contribution is 2.38. The minimum atomic E-state index is -0.246. The van der Waals surface area contributed by atoms with Crippen molar-refractivity contribution in [1.29, 1.82) is 0 Å². The Bertz CT molecular complexity index is 887. The lowest BCUT2D eigenvalue weighted by atomic mass is 10.0. The maximum absolute atomic E-state index is 12.5. The third kappa shape index (κ3) is 3.95. The number of thiophene rings is 1. The molecule has 0 bridgehead atoms. The third-order valence-corrected chi connectivity index (χ3v) is 5.51. The molecule has 1 aliphatic heterocycles. The van der Waals surface area contributed by atoms with E-state index in [-0.39, 0.29) is 11.9 Å². The largest absolute Gasteiger partial charge is 0.459 e. The van der Waals surface area contributed by atoms with E-state index in [1.807, 2.05) is 31.3 Å². The molecule has 0 aromatic carbocycles. The molecule has 1 amide bonds. The van der Waals surface area contributed by atoms with Gasteiger partial charge in [0.25, 0.3) is 5.91 Å². The van der Waals surface area contributed by atoms with Crippen LogP contribution in [0.3, 0.4) is 0 Å². The molecule has 4 rings (SSSR count). The van der Waals surface area contributed by atoms with Crippen molar-refractivity contribution in [3.63, 3.8) is 0 Å². The van der Waals surface area contributed by atoms with Crippen molar-refractivity contribution >= 4 is 22.2 Å². The van der Waals surface area contributed by atoms with Gasteiger partial charge in [-0.25, -0.2) is 0 Å². The quantitative estimate of drug-likeness (QED) is 0.727. The Morgan fingerprint density at radius 3 is 2.81 bits per heavy atom. The summed E-state index contributed by atoms with van der Waals surface area (Å²) in [5.41, 5.74) is 2.02. The standard InChI is InChI=1S/C20H21N3O3S/c1-14-13-15(20(27-14)22-19(24)17-6-4-10-26-17)18(16-5-2-3-7-21-16)23-8-11-25-12-9-23/h2-7,10,13,18H,8-9,11-12H2,1H3,(H,22,24)/t18-/m1/s1. The number of anilines is 1. The summed E-state index contributed by atoms with van der Waals surface area (Å²) in [6.45, 7) is 5.08. The van der Waals surface area contributed by atoms with Crippen LogP contribution in [0.4, 0.5) is 5.00 Å². The van der Waals surface area contributed by atoms with Crippen LogP contribution < -0.4 is 5.32 Å². The van der Waals surface area contributed by atoms with E-state index in [0.717, 1.165) is 34.2 Å². The molecule has 3 aromatic rings. The molecule has 6 nitrogen and oxygen atoms in total. The van der Waals surface area contributed by atoms with Crippen molar-refractivity contribution in [1.82, 2.24) is 9.88 Å². The maximum atomic E-state index is 12.5. The number of aryl methyl sites for hydroxylation is 1. The summed E-state index contributed by atoms with van der Waals surface area (Å²) in [4.78, 5) is 20.6. The van der Waals surface area contributed by atoms with E-state index in [4.69, 9.17) is 9.15 Å². The lowest BCUT2D eigenvalue weighted by Gasteiger charge is -2.34. The number of carbonyl (C=O) groups is 1. The van der Waals surface area contributed by atoms with E-state index in [0.29, 0.717) is 19.0 Å². The van der Waals surface area contributed by atoms with Gasteiger partial charge < -0.3 is 14.5 Å². The number of morpholine rings is 1. The molecule has 4 heterocycles. The molecule has 1 atom stereocenters. The fourth-order valence-electron chi connectivity index (χ4n) is 3.32. The normalized spacial score (nSPS) is 16.2. The number of nitrogens with one attached hydrogen (secondary N) is 1. The summed E-state index contributed by atoms with van der Waals surface area (Å²) in [5, 5.41) is 3.85. The summed E-state index contributed by atoms with van der Waals surface area (Å²) in [5.74, 6) is 0.0533. The van der Waals surface area contributed by atoms with E-state index >= 15 is 0 Å². The molecule has 0 aliphatic carbocycles. The molecular weight excluding hydrogens is 362 g/mol. The number of ether oxygens (including phenoxy) is 1. The number of hydrogen-bond donors (Lipinski definition) is 1. The van der Waals surface area contributed by atoms with Crippen molar-refractivity contribution in [3.8, 4) is 0 Å². The molecule has 1 fully saturated rings. The van der Waals surface area contributed by atoms with Crippen LogP contribution in [0.15, 0.2) is 53.3 Å². The van der Waals surface area contributed by atoms with Crippen LogP contribution in [-0.4, -0.2) is 42.1 Å². The van der Waals surface area contributed by atoms with Gasteiger partial charge in [-0.3, -0.25) is 14.7 Å². The highest BCUT2D eigenvalue weighted by molar-refractivity contribution is 7.16. The summed E-state index contributed by atoms with van der Waals surface area (Å²) >= 11 is 1.57. The molecule has 0 spiro atoms. The van der Waals surface area contributed by atoms with Gasteiger partial charge in [0.1, 0.15) is 5.00 Å². The number of aromatic nitrogens is 1. The summed E-state index contributed by atoms with van der Waals surface area (Å²) < 4.78 is 10.8. The second-order valence-electron chi connectivity index (χ2n) is 6.38. The van der Waals surface area contributed by atoms with E-state index < -0.39 is 0 Å². The fourth-order valence-corrected chi connectivity index (χ4v) is 4.26. The third-order valence-electron chi connectivity index (χ3n) is 4.53. The fraction of sp³-hybridized carbons (Fsp3) is 0.300. The zero-order valence-electron chi connectivity index (χ0n) is 15.1. The second-order valence-corrected chi connectivity index (χ2v) is 7.63. The minimum absolute atomic E-state index is 0.0352. The van der Waals surface area contributed by atoms with Crippen LogP contribution in [0.5, 0.6) is 0 Å². The molecule has 27 heavy (non-hydrogen) atoms. The Balaban J connectivity index is 1.70. The topological polar surface area (TPSA) is 67.6 Å². The summed E-state index contributed by atoms with van der Waals surface area (Å²) in [6, 6.07) is 11.4. The first-order valence-electron chi connectivity index (χ1n) is 8.90. The van der Waals surface area contributed by atoms with Gasteiger partial charge in [0.2, 0.25) is 0 Å². The zero-order valence-corrected chi connectivity index (χ0v) is 15.9. The molecule has 140 valence electrons. The summed E-state index contributed by atoms with van der Waals surface area (Å²) in [7, 11) is 0. The smallest absolute Gasteiger partial charge is 0.291 e. The predicted molar refractivity (Wildman–Crippen MR) is 104 cm³/mol. The van der Waals surface area contributed by atoms with Gasteiger partial charge in [0.15, 0.2) is 5.76 Å². The maximum Gasteiger partial charge on any atom is 0.291 e. The van der Waals surface area contributed by atoms with Crippen LogP contribution >= 0.6 is 11.3 Å². The van der Waals surface area contributed by atoms with Crippen LogP contribution in [0.1, 0.15) is 32.7 Å². The Morgan fingerprint density at radius 2 is 2.11 bits per heavy atom. The van der Waals surface area contributed by atoms with E-state index in [1.165, 1.54) is 6.26 Å². The Hall–Kier alpha value is -2.48. The number of hydrogen-bond acceptors (Lipinski definition) is 6. The average Bonchev–Trinajstić information content (AvgIpc) is 3.34. The van der Waals surface area contributed by atoms with Gasteiger partial charge >= 0.3 is 0 Å². The van der Waals surface area contributed by atoms with Crippen LogP contribution in [0.25, 0.3) is 0 Å². The van der Waals surface area contributed by atoms with Crippen molar-refractivity contribution < 1.29 is 13.9 Å². The van der Waals surface area contributed by atoms with Crippen LogP contribution in [0.2, 0.25) is 0 Å². The molecule has 0 radical (unpaired) electrons. The number of nitrogens with zero attached hydrogens (tertiary/aromatic N) is 2. The Kier molecular flexibility index (Phi) is 5.33. The van der Waals surface area contributed by atoms with Crippen molar-refractivity contribution in [2.24, 2.45) is 0 Å². The molecule has 0 unspecified atom stereocenters. The highest BCUT2D eigenvalue weighted by Gasteiger charge is 2.29. The van der Waals surface area contributed by atoms with Crippen molar-refractivity contribution in [3.05, 3.63) is 70.8 Å². The first-order valence-corrected chi connectivity index (χ1v) is 9.72. The summed E-state index contributed by atoms with van der Waals surface area (Å²) in [6.07, 6.45) is 3.31. The molecule has 0 saturated carbocycles. The average molecular weight is 383 g/mol. The van der Waals surface area contributed by atoms with E-state index in [2.05, 4.69) is 21.3 Å². The van der Waals surface area contributed by atoms with Crippen molar-refractivity contribution in [2.75, 3.05) is 31.6 Å². The first-order chi connectivity index (χ1) is 13.2. The molecular formula is C20H21N3O3S. The monoisotopic (exact) mass is 383 g/mol. The van der Waals surface area contributed by atoms with E-state index in [9.17, 15) is 4.79 Å². The van der Waals surface area contributed by atoms with Gasteiger partial charge in [-0.2, -0.15) is 0 Å². The van der Waals surface area contributed by atoms with Crippen LogP contribution in [0, 0.1) is 6.92 Å². The number of carbonyl (C=O) groups excluding carboxylic acids is 1. The number of amides is 1. The van der Waals surface area contributed by atoms with Gasteiger partial charge in [-0.15, -0.1) is 11.3 Å². The first kappa shape index (κ1) is 17.9. The highest BCUT2D eigenvalue weighted by atomic mass is 32.1. The number of rotatable bonds is 5. The second kappa shape index (κ2) is 8.04. The SMILES string of the molecule is Cc1cc([C@H](c2ccccn2)N2CCOCC2)c(NC(=O)c2ccco2)s1. The van der Waals surface area contributed by atoms with Gasteiger partial charge in [-0.1, -0.05) is 6.07 Å².